The number of cyclic esters (lactones) is 1. The van der Waals surface area contributed by atoms with E-state index in [9.17, 15) is 14.4 Å². The summed E-state index contributed by atoms with van der Waals surface area (Å²) in [5.41, 5.74) is -0.377. The van der Waals surface area contributed by atoms with Crippen LogP contribution in [0.4, 0.5) is 0 Å². The van der Waals surface area contributed by atoms with Crippen LogP contribution in [-0.2, 0) is 32.5 Å². The third-order valence-corrected chi connectivity index (χ3v) is 6.66. The highest BCUT2D eigenvalue weighted by molar-refractivity contribution is 5.79. The molecule has 4 heterocycles. The van der Waals surface area contributed by atoms with Crippen LogP contribution >= 0.6 is 0 Å². The van der Waals surface area contributed by atoms with Crippen molar-refractivity contribution in [1.29, 1.82) is 0 Å². The quantitative estimate of drug-likeness (QED) is 0.428. The highest BCUT2D eigenvalue weighted by Crippen LogP contribution is 2.43. The predicted octanol–water partition coefficient (Wildman–Crippen LogP) is -0.953. The molecule has 1 spiro atoms. The number of carboxylic acid groups (broad SMARTS) is 1. The van der Waals surface area contributed by atoms with Crippen molar-refractivity contribution in [2.45, 2.75) is 31.8 Å². The number of piperidine rings is 1. The number of morpholine rings is 1. The van der Waals surface area contributed by atoms with E-state index in [1.165, 1.54) is 13.2 Å². The molecule has 0 amide bonds. The van der Waals surface area contributed by atoms with Gasteiger partial charge in [-0.2, -0.15) is 0 Å². The van der Waals surface area contributed by atoms with E-state index in [0.29, 0.717) is 12.0 Å². The van der Waals surface area contributed by atoms with Gasteiger partial charge in [-0.3, -0.25) is 23.9 Å². The van der Waals surface area contributed by atoms with Crippen LogP contribution in [0.2, 0.25) is 0 Å². The van der Waals surface area contributed by atoms with Gasteiger partial charge in [-0.1, -0.05) is 0 Å². The average Bonchev–Trinajstić information content (AvgIpc) is 3.08. The summed E-state index contributed by atoms with van der Waals surface area (Å²) in [6, 6.07) is 0. The summed E-state index contributed by atoms with van der Waals surface area (Å²) in [7, 11) is 1.48. The first-order chi connectivity index (χ1) is 15.4. The van der Waals surface area contributed by atoms with Crippen molar-refractivity contribution in [1.82, 2.24) is 19.4 Å². The Morgan fingerprint density at radius 1 is 1.16 bits per heavy atom. The topological polar surface area (TPSA) is 134 Å². The minimum Gasteiger partial charge on any atom is -0.483 e. The number of likely N-dealkylation sites (tertiary alicyclic amines) is 1. The molecule has 1 unspecified atom stereocenters. The number of aromatic amines is 1. The zero-order chi connectivity index (χ0) is 23.1. The summed E-state index contributed by atoms with van der Waals surface area (Å²) in [5, 5.41) is 6.89. The fourth-order valence-electron chi connectivity index (χ4n) is 4.70. The van der Waals surface area contributed by atoms with E-state index in [1.807, 2.05) is 0 Å². The third-order valence-electron chi connectivity index (χ3n) is 6.66. The number of ether oxygens (including phenoxy) is 2. The lowest BCUT2D eigenvalue weighted by atomic mass is 9.76. The van der Waals surface area contributed by atoms with E-state index in [1.54, 1.807) is 0 Å². The highest BCUT2D eigenvalue weighted by Gasteiger charge is 2.50. The number of nitrogens with one attached hydrogen (secondary N) is 1. The molecule has 2 N–H and O–H groups in total. The van der Waals surface area contributed by atoms with Gasteiger partial charge in [-0.25, -0.2) is 4.79 Å². The number of rotatable bonds is 5. The molecule has 0 bridgehead atoms. The molecule has 1 aromatic rings. The van der Waals surface area contributed by atoms with E-state index in [4.69, 9.17) is 19.4 Å². The number of hydrogen-bond donors (Lipinski definition) is 2. The summed E-state index contributed by atoms with van der Waals surface area (Å²) in [6.07, 6.45) is 4.49. The second-order valence-electron chi connectivity index (χ2n) is 8.61. The maximum atomic E-state index is 12.6. The van der Waals surface area contributed by atoms with Gasteiger partial charge in [-0.15, -0.1) is 0 Å². The van der Waals surface area contributed by atoms with Crippen LogP contribution in [-0.4, -0.2) is 95.5 Å². The minimum absolute atomic E-state index is 0.0173. The number of hydrogen-bond acceptors (Lipinski definition) is 8. The second-order valence-corrected chi connectivity index (χ2v) is 8.61. The number of nitrogens with zero attached hydrogens (tertiary/aromatic N) is 3. The summed E-state index contributed by atoms with van der Waals surface area (Å²) in [6.45, 7) is 6.24. The molecule has 32 heavy (non-hydrogen) atoms. The molecule has 0 aliphatic carbocycles. The first-order valence-electron chi connectivity index (χ1n) is 11.0. The molecule has 4 rings (SSSR count). The van der Waals surface area contributed by atoms with Gasteiger partial charge in [0, 0.05) is 51.4 Å². The monoisotopic (exact) mass is 452 g/mol. The standard InChI is InChI=1S/C20H30N4O5.CH2O2/c1-22-17(25)15(13-21-19(22)27)2-5-23-6-3-20(4-7-23)12-16(29-18(20)26)14-24-8-10-28-11-9-24;2-1-3/h13,16H,2-12,14H2,1H3,(H,21,27);1H,(H,2,3). The molecule has 11 heteroatoms. The normalized spacial score (nSPS) is 23.4. The number of aromatic nitrogens is 2. The first kappa shape index (κ1) is 24.1. The van der Waals surface area contributed by atoms with Gasteiger partial charge >= 0.3 is 11.7 Å². The predicted molar refractivity (Wildman–Crippen MR) is 115 cm³/mol. The second kappa shape index (κ2) is 10.9. The first-order valence-corrected chi connectivity index (χ1v) is 11.0. The molecule has 1 atom stereocenters. The van der Waals surface area contributed by atoms with Crippen molar-refractivity contribution < 1.29 is 24.2 Å². The van der Waals surface area contributed by atoms with Crippen LogP contribution in [0.5, 0.6) is 0 Å². The number of carbonyl (C=O) groups excluding carboxylic acids is 1. The van der Waals surface area contributed by atoms with E-state index in [-0.39, 0.29) is 29.5 Å². The molecular weight excluding hydrogens is 420 g/mol. The Morgan fingerprint density at radius 2 is 1.81 bits per heavy atom. The van der Waals surface area contributed by atoms with Gasteiger partial charge in [0.15, 0.2) is 0 Å². The molecule has 0 radical (unpaired) electrons. The zero-order valence-electron chi connectivity index (χ0n) is 18.5. The van der Waals surface area contributed by atoms with Crippen LogP contribution in [0, 0.1) is 5.41 Å². The zero-order valence-corrected chi connectivity index (χ0v) is 18.5. The van der Waals surface area contributed by atoms with Gasteiger partial charge in [0.1, 0.15) is 6.10 Å². The molecule has 3 aliphatic heterocycles. The van der Waals surface area contributed by atoms with Crippen LogP contribution in [0.15, 0.2) is 15.8 Å². The summed E-state index contributed by atoms with van der Waals surface area (Å²) in [5.74, 6) is -0.0371. The van der Waals surface area contributed by atoms with Gasteiger partial charge in [0.2, 0.25) is 0 Å². The third kappa shape index (κ3) is 5.64. The molecule has 11 nitrogen and oxygen atoms in total. The van der Waals surface area contributed by atoms with Crippen LogP contribution in [0.25, 0.3) is 0 Å². The molecule has 0 aromatic carbocycles. The summed E-state index contributed by atoms with van der Waals surface area (Å²) >= 11 is 0. The van der Waals surface area contributed by atoms with Crippen LogP contribution < -0.4 is 11.2 Å². The van der Waals surface area contributed by atoms with Gasteiger partial charge in [0.25, 0.3) is 12.0 Å². The van der Waals surface area contributed by atoms with Crippen molar-refractivity contribution >= 4 is 12.4 Å². The lowest BCUT2D eigenvalue weighted by Gasteiger charge is -2.36. The molecule has 1 aromatic heterocycles. The molecule has 178 valence electrons. The van der Waals surface area contributed by atoms with Crippen molar-refractivity contribution in [3.05, 3.63) is 32.6 Å². The Balaban J connectivity index is 0.000000913. The van der Waals surface area contributed by atoms with E-state index in [0.717, 1.165) is 76.3 Å². The van der Waals surface area contributed by atoms with Gasteiger partial charge in [-0.05, 0) is 32.4 Å². The Hall–Kier alpha value is -2.50. The SMILES string of the molecule is Cn1c(=O)[nH]cc(CCN2CCC3(CC2)CC(CN2CCOCC2)OC3=O)c1=O.O=CO. The lowest BCUT2D eigenvalue weighted by molar-refractivity contribution is -0.151. The summed E-state index contributed by atoms with van der Waals surface area (Å²) < 4.78 is 12.2. The Bertz CT molecular complexity index is 898. The largest absolute Gasteiger partial charge is 0.483 e. The van der Waals surface area contributed by atoms with E-state index >= 15 is 0 Å². The van der Waals surface area contributed by atoms with Crippen LogP contribution in [0.1, 0.15) is 24.8 Å². The van der Waals surface area contributed by atoms with Crippen LogP contribution in [0.3, 0.4) is 0 Å². The summed E-state index contributed by atoms with van der Waals surface area (Å²) in [4.78, 5) is 51.8. The maximum Gasteiger partial charge on any atom is 0.328 e. The smallest absolute Gasteiger partial charge is 0.328 e. The van der Waals surface area contributed by atoms with Gasteiger partial charge in [0.05, 0.1) is 18.6 Å². The molecular formula is C21H32N4O7. The van der Waals surface area contributed by atoms with Crippen molar-refractivity contribution in [2.75, 3.05) is 52.5 Å². The number of H-pyrrole nitrogens is 1. The lowest BCUT2D eigenvalue weighted by Crippen LogP contribution is -2.44. The molecule has 3 fully saturated rings. The van der Waals surface area contributed by atoms with Crippen molar-refractivity contribution in [3.63, 3.8) is 0 Å². The minimum atomic E-state index is -0.398. The maximum absolute atomic E-state index is 12.6. The van der Waals surface area contributed by atoms with Crippen molar-refractivity contribution in [2.24, 2.45) is 12.5 Å². The fraction of sp³-hybridized carbons (Fsp3) is 0.714. The number of carbonyl (C=O) groups is 2. The highest BCUT2D eigenvalue weighted by atomic mass is 16.6. The Kier molecular flexibility index (Phi) is 8.21. The van der Waals surface area contributed by atoms with E-state index < -0.39 is 5.69 Å². The Labute approximate surface area is 185 Å². The molecule has 0 saturated carbocycles. The van der Waals surface area contributed by atoms with Gasteiger partial charge < -0.3 is 24.5 Å². The van der Waals surface area contributed by atoms with Crippen molar-refractivity contribution in [3.8, 4) is 0 Å². The van der Waals surface area contributed by atoms with E-state index in [2.05, 4.69) is 14.8 Å². The average molecular weight is 453 g/mol. The molecule has 3 aliphatic rings. The fourth-order valence-corrected chi connectivity index (χ4v) is 4.70. The Morgan fingerprint density at radius 3 is 2.47 bits per heavy atom. The molecule has 3 saturated heterocycles. The number of esters is 1.